The van der Waals surface area contributed by atoms with Gasteiger partial charge in [-0.3, -0.25) is 0 Å². The van der Waals surface area contributed by atoms with Gasteiger partial charge in [0.05, 0.1) is 0 Å². The van der Waals surface area contributed by atoms with E-state index in [0.29, 0.717) is 5.92 Å². The SMILES string of the molecule is CC1C=CC(C([Si](C)(C)C)[Si](C)(C)C)=C1. The molecule has 0 nitrogen and oxygen atoms in total. The van der Waals surface area contributed by atoms with Crippen molar-refractivity contribution in [1.29, 1.82) is 0 Å². The summed E-state index contributed by atoms with van der Waals surface area (Å²) in [6, 6.07) is 0. The topological polar surface area (TPSA) is 0 Å². The normalized spacial score (nSPS) is 22.4. The predicted octanol–water partition coefficient (Wildman–Crippen LogP) is 4.70. The number of rotatable bonds is 3. The average molecular weight is 239 g/mol. The molecule has 0 aromatic carbocycles. The van der Waals surface area contributed by atoms with Gasteiger partial charge in [-0.25, -0.2) is 0 Å². The second-order valence-corrected chi connectivity index (χ2v) is 18.2. The Labute approximate surface area is 97.5 Å². The van der Waals surface area contributed by atoms with Crippen LogP contribution in [0.1, 0.15) is 6.92 Å². The van der Waals surface area contributed by atoms with Crippen LogP contribution in [0.2, 0.25) is 44.4 Å². The van der Waals surface area contributed by atoms with E-state index in [2.05, 4.69) is 64.4 Å². The Morgan fingerprint density at radius 2 is 1.47 bits per heavy atom. The number of hydrogen-bond donors (Lipinski definition) is 0. The second-order valence-electron chi connectivity index (χ2n) is 7.05. The molecule has 2 heteroatoms. The Kier molecular flexibility index (Phi) is 3.51. The van der Waals surface area contributed by atoms with Crippen LogP contribution in [0.3, 0.4) is 0 Å². The van der Waals surface area contributed by atoms with Crippen LogP contribution in [-0.2, 0) is 0 Å². The van der Waals surface area contributed by atoms with Crippen LogP contribution in [-0.4, -0.2) is 16.1 Å². The number of hydrogen-bond acceptors (Lipinski definition) is 0. The van der Waals surface area contributed by atoms with Crippen molar-refractivity contribution in [3.8, 4) is 0 Å². The molecule has 0 heterocycles. The van der Waals surface area contributed by atoms with E-state index in [0.717, 1.165) is 5.16 Å². The van der Waals surface area contributed by atoms with Crippen LogP contribution >= 0.6 is 0 Å². The molecule has 0 aliphatic heterocycles. The molecule has 1 atom stereocenters. The summed E-state index contributed by atoms with van der Waals surface area (Å²) < 4.78 is 0. The lowest BCUT2D eigenvalue weighted by atomic mass is 10.2. The first-order valence-corrected chi connectivity index (χ1v) is 13.2. The van der Waals surface area contributed by atoms with Crippen LogP contribution < -0.4 is 0 Å². The molecule has 86 valence electrons. The van der Waals surface area contributed by atoms with Crippen molar-refractivity contribution in [2.45, 2.75) is 51.4 Å². The van der Waals surface area contributed by atoms with E-state index in [1.807, 2.05) is 0 Å². The fourth-order valence-electron chi connectivity index (χ4n) is 3.17. The van der Waals surface area contributed by atoms with Crippen molar-refractivity contribution >= 4 is 16.1 Å². The van der Waals surface area contributed by atoms with E-state index in [1.165, 1.54) is 0 Å². The van der Waals surface area contributed by atoms with E-state index < -0.39 is 16.1 Å². The van der Waals surface area contributed by atoms with Crippen molar-refractivity contribution in [3.63, 3.8) is 0 Å². The van der Waals surface area contributed by atoms with E-state index >= 15 is 0 Å². The van der Waals surface area contributed by atoms with Crippen molar-refractivity contribution < 1.29 is 0 Å². The minimum Gasteiger partial charge on any atom is -0.0776 e. The van der Waals surface area contributed by atoms with Gasteiger partial charge in [-0.2, -0.15) is 0 Å². The fraction of sp³-hybridized carbons (Fsp3) is 0.692. The van der Waals surface area contributed by atoms with Gasteiger partial charge < -0.3 is 0 Å². The van der Waals surface area contributed by atoms with E-state index in [9.17, 15) is 0 Å². The number of allylic oxidation sites excluding steroid dienone is 4. The minimum absolute atomic E-state index is 0.662. The zero-order valence-electron chi connectivity index (χ0n) is 11.4. The molecule has 1 rings (SSSR count). The minimum atomic E-state index is -1.07. The molecule has 1 aliphatic rings. The zero-order valence-corrected chi connectivity index (χ0v) is 13.4. The Morgan fingerprint density at radius 3 is 1.73 bits per heavy atom. The summed E-state index contributed by atoms with van der Waals surface area (Å²) in [6.07, 6.45) is 7.23. The van der Waals surface area contributed by atoms with Crippen LogP contribution in [0.4, 0.5) is 0 Å². The molecule has 0 N–H and O–H groups in total. The molecule has 0 radical (unpaired) electrons. The summed E-state index contributed by atoms with van der Waals surface area (Å²) >= 11 is 0. The van der Waals surface area contributed by atoms with Crippen LogP contribution in [0.25, 0.3) is 0 Å². The lowest BCUT2D eigenvalue weighted by Crippen LogP contribution is -2.44. The lowest BCUT2D eigenvalue weighted by molar-refractivity contribution is 0.952. The first-order valence-electron chi connectivity index (χ1n) is 6.02. The third-order valence-electron chi connectivity index (χ3n) is 3.11. The van der Waals surface area contributed by atoms with Crippen molar-refractivity contribution in [1.82, 2.24) is 0 Å². The van der Waals surface area contributed by atoms with Crippen LogP contribution in [0.15, 0.2) is 23.8 Å². The maximum atomic E-state index is 2.52. The van der Waals surface area contributed by atoms with Gasteiger partial charge in [0.2, 0.25) is 0 Å². The van der Waals surface area contributed by atoms with Crippen molar-refractivity contribution in [2.24, 2.45) is 5.92 Å². The smallest absolute Gasteiger partial charge is 0.0493 e. The van der Waals surface area contributed by atoms with E-state index in [-0.39, 0.29) is 0 Å². The molecular formula is C13H26Si2. The fourth-order valence-corrected chi connectivity index (χ4v) is 15.9. The molecule has 0 spiro atoms. The zero-order chi connectivity index (χ0) is 11.9. The first-order chi connectivity index (χ1) is 6.62. The summed E-state index contributed by atoms with van der Waals surface area (Å²) in [6.45, 7) is 17.4. The molecule has 15 heavy (non-hydrogen) atoms. The third-order valence-corrected chi connectivity index (χ3v) is 12.4. The lowest BCUT2D eigenvalue weighted by Gasteiger charge is -2.39. The summed E-state index contributed by atoms with van der Waals surface area (Å²) in [5, 5.41) is 0.909. The van der Waals surface area contributed by atoms with Crippen LogP contribution in [0, 0.1) is 5.92 Å². The van der Waals surface area contributed by atoms with Gasteiger partial charge in [-0.15, -0.1) is 0 Å². The first kappa shape index (κ1) is 13.0. The Hall–Kier alpha value is -0.0862. The molecule has 0 amide bonds. The largest absolute Gasteiger partial charge is 0.0776 e. The van der Waals surface area contributed by atoms with Gasteiger partial charge in [0, 0.05) is 16.1 Å². The monoisotopic (exact) mass is 238 g/mol. The van der Waals surface area contributed by atoms with Gasteiger partial charge in [-0.1, -0.05) is 70.0 Å². The summed E-state index contributed by atoms with van der Waals surface area (Å²) in [5.41, 5.74) is 1.65. The average Bonchev–Trinajstić information content (AvgIpc) is 2.28. The van der Waals surface area contributed by atoms with E-state index in [1.54, 1.807) is 5.57 Å². The van der Waals surface area contributed by atoms with Gasteiger partial charge >= 0.3 is 0 Å². The Bertz CT molecular complexity index is 273. The highest BCUT2D eigenvalue weighted by molar-refractivity contribution is 6.97. The molecule has 0 bridgehead atoms. The molecule has 0 aromatic heterocycles. The van der Waals surface area contributed by atoms with Crippen molar-refractivity contribution in [2.75, 3.05) is 0 Å². The molecule has 0 fully saturated rings. The maximum Gasteiger partial charge on any atom is 0.0493 e. The summed E-state index contributed by atoms with van der Waals surface area (Å²) in [7, 11) is -2.15. The Balaban J connectivity index is 3.04. The molecule has 0 saturated carbocycles. The highest BCUT2D eigenvalue weighted by Gasteiger charge is 2.39. The van der Waals surface area contributed by atoms with Gasteiger partial charge in [0.25, 0.3) is 0 Å². The second kappa shape index (κ2) is 4.06. The quantitative estimate of drug-likeness (QED) is 0.625. The standard InChI is InChI=1S/C13H26Si2/c1-11-8-9-12(10-11)13(14(2,3)4)15(5,6)7/h8-11,13H,1-7H3. The summed E-state index contributed by atoms with van der Waals surface area (Å²) in [5.74, 6) is 0.662. The van der Waals surface area contributed by atoms with Gasteiger partial charge in [0.1, 0.15) is 0 Å². The third kappa shape index (κ3) is 3.18. The molecule has 1 aliphatic carbocycles. The van der Waals surface area contributed by atoms with Crippen molar-refractivity contribution in [3.05, 3.63) is 23.8 Å². The van der Waals surface area contributed by atoms with Crippen LogP contribution in [0.5, 0.6) is 0 Å². The Morgan fingerprint density at radius 1 is 1.00 bits per heavy atom. The molecule has 0 saturated heterocycles. The highest BCUT2D eigenvalue weighted by atomic mass is 28.4. The van der Waals surface area contributed by atoms with Gasteiger partial charge in [-0.05, 0) is 11.1 Å². The molecular weight excluding hydrogens is 212 g/mol. The molecule has 0 aromatic rings. The van der Waals surface area contributed by atoms with E-state index in [4.69, 9.17) is 0 Å². The maximum absolute atomic E-state index is 2.52. The summed E-state index contributed by atoms with van der Waals surface area (Å²) in [4.78, 5) is 0. The molecule has 1 unspecified atom stereocenters. The van der Waals surface area contributed by atoms with Gasteiger partial charge in [0.15, 0.2) is 0 Å². The highest BCUT2D eigenvalue weighted by Crippen LogP contribution is 2.41. The predicted molar refractivity (Wildman–Crippen MR) is 76.8 cm³/mol.